The van der Waals surface area contributed by atoms with Crippen LogP contribution in [0.2, 0.25) is 0 Å². The topological polar surface area (TPSA) is 75.4 Å². The monoisotopic (exact) mass is 305 g/mol. The molecule has 0 atom stereocenters. The smallest absolute Gasteiger partial charge is 0.261 e. The number of nitrogens with two attached hydrogens (primary N) is 1. The zero-order valence-corrected chi connectivity index (χ0v) is 12.9. The average Bonchev–Trinajstić information content (AvgIpc) is 2.47. The number of nitrogens with one attached hydrogen (secondary N) is 1. The van der Waals surface area contributed by atoms with Gasteiger partial charge >= 0.3 is 0 Å². The largest absolute Gasteiger partial charge is 0.376 e. The molecular weight excluding hydrogens is 286 g/mol. The molecule has 2 aromatic carbocycles. The Kier molecular flexibility index (Phi) is 4.50. The Hall–Kier alpha value is -2.05. The molecule has 0 bridgehead atoms. The van der Waals surface area contributed by atoms with E-state index in [0.717, 1.165) is 11.3 Å². The predicted octanol–water partition coefficient (Wildman–Crippen LogP) is 2.01. The van der Waals surface area contributed by atoms with Crippen LogP contribution in [0, 0.1) is 0 Å². The molecule has 0 unspecified atom stereocenters. The first-order valence-corrected chi connectivity index (χ1v) is 8.00. The first kappa shape index (κ1) is 15.3. The maximum absolute atomic E-state index is 12.5. The molecule has 0 amide bonds. The highest BCUT2D eigenvalue weighted by molar-refractivity contribution is 7.92. The van der Waals surface area contributed by atoms with Crippen LogP contribution in [0.25, 0.3) is 0 Å². The van der Waals surface area contributed by atoms with Gasteiger partial charge in [-0.05, 0) is 29.8 Å². The van der Waals surface area contributed by atoms with E-state index in [1.54, 1.807) is 36.4 Å². The highest BCUT2D eigenvalue weighted by atomic mass is 32.2. The minimum absolute atomic E-state index is 0.207. The maximum Gasteiger partial charge on any atom is 0.261 e. The van der Waals surface area contributed by atoms with Crippen LogP contribution in [0.4, 0.5) is 11.4 Å². The molecule has 3 N–H and O–H groups in total. The van der Waals surface area contributed by atoms with Gasteiger partial charge in [-0.3, -0.25) is 4.72 Å². The normalized spacial score (nSPS) is 11.2. The molecule has 112 valence electrons. The third-order valence-electron chi connectivity index (χ3n) is 3.07. The summed E-state index contributed by atoms with van der Waals surface area (Å²) < 4.78 is 27.6. The van der Waals surface area contributed by atoms with Crippen molar-refractivity contribution in [1.82, 2.24) is 0 Å². The van der Waals surface area contributed by atoms with E-state index in [1.807, 2.05) is 31.1 Å². The van der Waals surface area contributed by atoms with Crippen molar-refractivity contribution in [3.8, 4) is 0 Å². The lowest BCUT2D eigenvalue weighted by Crippen LogP contribution is -2.17. The van der Waals surface area contributed by atoms with Crippen LogP contribution in [-0.4, -0.2) is 22.5 Å². The lowest BCUT2D eigenvalue weighted by molar-refractivity contribution is 0.601. The summed E-state index contributed by atoms with van der Waals surface area (Å²) in [4.78, 5) is 2.06. The highest BCUT2D eigenvalue weighted by Gasteiger charge is 2.16. The van der Waals surface area contributed by atoms with Gasteiger partial charge in [0.1, 0.15) is 0 Å². The molecule has 5 nitrogen and oxygen atoms in total. The molecule has 0 heterocycles. The van der Waals surface area contributed by atoms with Crippen LogP contribution in [0.15, 0.2) is 53.4 Å². The van der Waals surface area contributed by atoms with Gasteiger partial charge in [-0.2, -0.15) is 0 Å². The van der Waals surface area contributed by atoms with Gasteiger partial charge in [-0.25, -0.2) is 8.42 Å². The first-order valence-electron chi connectivity index (χ1n) is 6.52. The minimum Gasteiger partial charge on any atom is -0.376 e. The lowest BCUT2D eigenvalue weighted by atomic mass is 10.2. The van der Waals surface area contributed by atoms with E-state index >= 15 is 0 Å². The summed E-state index contributed by atoms with van der Waals surface area (Å²) in [6.45, 7) is 0.303. The van der Waals surface area contributed by atoms with Gasteiger partial charge in [-0.15, -0.1) is 0 Å². The van der Waals surface area contributed by atoms with Crippen LogP contribution in [-0.2, 0) is 16.6 Å². The van der Waals surface area contributed by atoms with E-state index in [1.165, 1.54) is 0 Å². The SMILES string of the molecule is CN(C)c1ccccc1NS(=O)(=O)c1cccc(CN)c1. The molecule has 2 aromatic rings. The summed E-state index contributed by atoms with van der Waals surface area (Å²) in [7, 11) is 0.0924. The van der Waals surface area contributed by atoms with Crippen molar-refractivity contribution in [2.75, 3.05) is 23.7 Å². The van der Waals surface area contributed by atoms with Gasteiger partial charge in [0.05, 0.1) is 16.3 Å². The van der Waals surface area contributed by atoms with E-state index in [2.05, 4.69) is 4.72 Å². The minimum atomic E-state index is -3.63. The van der Waals surface area contributed by atoms with Crippen molar-refractivity contribution in [2.24, 2.45) is 5.73 Å². The molecule has 0 aliphatic rings. The molecule has 21 heavy (non-hydrogen) atoms. The molecule has 0 saturated heterocycles. The molecule has 2 rings (SSSR count). The van der Waals surface area contributed by atoms with Crippen LogP contribution < -0.4 is 15.4 Å². The lowest BCUT2D eigenvalue weighted by Gasteiger charge is -2.18. The number of hydrogen-bond acceptors (Lipinski definition) is 4. The van der Waals surface area contributed by atoms with Crippen LogP contribution in [0.1, 0.15) is 5.56 Å². The van der Waals surface area contributed by atoms with Gasteiger partial charge in [0.25, 0.3) is 10.0 Å². The summed E-state index contributed by atoms with van der Waals surface area (Å²) in [5.41, 5.74) is 7.68. The maximum atomic E-state index is 12.5. The summed E-state index contributed by atoms with van der Waals surface area (Å²) >= 11 is 0. The van der Waals surface area contributed by atoms with E-state index in [4.69, 9.17) is 5.73 Å². The fourth-order valence-electron chi connectivity index (χ4n) is 1.99. The fraction of sp³-hybridized carbons (Fsp3) is 0.200. The van der Waals surface area contributed by atoms with Crippen LogP contribution >= 0.6 is 0 Å². The summed E-state index contributed by atoms with van der Waals surface area (Å²) in [5.74, 6) is 0. The molecule has 6 heteroatoms. The summed E-state index contributed by atoms with van der Waals surface area (Å²) in [5, 5.41) is 0. The quantitative estimate of drug-likeness (QED) is 0.886. The number of rotatable bonds is 5. The number of benzene rings is 2. The third kappa shape index (κ3) is 3.53. The summed E-state index contributed by atoms with van der Waals surface area (Å²) in [6.07, 6.45) is 0. The molecule has 0 aliphatic carbocycles. The molecule has 0 spiro atoms. The van der Waals surface area contributed by atoms with Crippen molar-refractivity contribution in [3.05, 3.63) is 54.1 Å². The predicted molar refractivity (Wildman–Crippen MR) is 85.9 cm³/mol. The Morgan fingerprint density at radius 3 is 2.48 bits per heavy atom. The molecule has 0 aromatic heterocycles. The van der Waals surface area contributed by atoms with Gasteiger partial charge < -0.3 is 10.6 Å². The van der Waals surface area contributed by atoms with Gasteiger partial charge in [0.2, 0.25) is 0 Å². The van der Waals surface area contributed by atoms with Gasteiger partial charge in [0.15, 0.2) is 0 Å². The number of hydrogen-bond donors (Lipinski definition) is 2. The Bertz CT molecular complexity index is 727. The fourth-order valence-corrected chi connectivity index (χ4v) is 3.14. The number of nitrogens with zero attached hydrogens (tertiary/aromatic N) is 1. The Morgan fingerprint density at radius 1 is 1.10 bits per heavy atom. The van der Waals surface area contributed by atoms with Gasteiger partial charge in [0, 0.05) is 20.6 Å². The molecule has 0 fully saturated rings. The van der Waals surface area contributed by atoms with Crippen molar-refractivity contribution in [1.29, 1.82) is 0 Å². The number of para-hydroxylation sites is 2. The van der Waals surface area contributed by atoms with Crippen molar-refractivity contribution >= 4 is 21.4 Å². The van der Waals surface area contributed by atoms with E-state index in [9.17, 15) is 8.42 Å². The van der Waals surface area contributed by atoms with E-state index in [0.29, 0.717) is 12.2 Å². The zero-order chi connectivity index (χ0) is 15.5. The van der Waals surface area contributed by atoms with Gasteiger partial charge in [-0.1, -0.05) is 24.3 Å². The van der Waals surface area contributed by atoms with Crippen molar-refractivity contribution in [3.63, 3.8) is 0 Å². The highest BCUT2D eigenvalue weighted by Crippen LogP contribution is 2.26. The Balaban J connectivity index is 2.38. The van der Waals surface area contributed by atoms with Crippen LogP contribution in [0.5, 0.6) is 0 Å². The van der Waals surface area contributed by atoms with E-state index < -0.39 is 10.0 Å². The Morgan fingerprint density at radius 2 is 1.81 bits per heavy atom. The number of anilines is 2. The molecular formula is C15H19N3O2S. The first-order chi connectivity index (χ1) is 9.94. The molecule has 0 radical (unpaired) electrons. The molecule has 0 aliphatic heterocycles. The van der Waals surface area contributed by atoms with Crippen molar-refractivity contribution < 1.29 is 8.42 Å². The standard InChI is InChI=1S/C15H19N3O2S/c1-18(2)15-9-4-3-8-14(15)17-21(19,20)13-7-5-6-12(10-13)11-16/h3-10,17H,11,16H2,1-2H3. The second kappa shape index (κ2) is 6.15. The summed E-state index contributed by atoms with van der Waals surface area (Å²) in [6, 6.07) is 13.9. The van der Waals surface area contributed by atoms with Crippen molar-refractivity contribution in [2.45, 2.75) is 11.4 Å². The second-order valence-corrected chi connectivity index (χ2v) is 6.55. The average molecular weight is 305 g/mol. The van der Waals surface area contributed by atoms with E-state index in [-0.39, 0.29) is 4.90 Å². The zero-order valence-electron chi connectivity index (χ0n) is 12.1. The van der Waals surface area contributed by atoms with Crippen LogP contribution in [0.3, 0.4) is 0 Å². The molecule has 0 saturated carbocycles. The third-order valence-corrected chi connectivity index (χ3v) is 4.44. The second-order valence-electron chi connectivity index (χ2n) is 4.87. The Labute approximate surface area is 125 Å². The number of sulfonamides is 1.